The highest BCUT2D eigenvalue weighted by molar-refractivity contribution is 5.73. The Morgan fingerprint density at radius 2 is 2.00 bits per heavy atom. The number of aryl methyl sites for hydroxylation is 2. The van der Waals surface area contributed by atoms with E-state index in [1.165, 1.54) is 4.68 Å². The van der Waals surface area contributed by atoms with Gasteiger partial charge in [0.05, 0.1) is 0 Å². The average molecular weight is 178 g/mol. The van der Waals surface area contributed by atoms with Gasteiger partial charge in [-0.2, -0.15) is 0 Å². The average Bonchev–Trinajstić information content (AvgIpc) is 2.32. The van der Waals surface area contributed by atoms with Crippen molar-refractivity contribution >= 4 is 11.0 Å². The van der Waals surface area contributed by atoms with Gasteiger partial charge in [-0.05, 0) is 6.92 Å². The molecule has 2 aromatic rings. The predicted molar refractivity (Wildman–Crippen MR) is 48.5 cm³/mol. The first kappa shape index (κ1) is 7.97. The van der Waals surface area contributed by atoms with Crippen molar-refractivity contribution in [2.75, 3.05) is 0 Å². The predicted octanol–water partition coefficient (Wildman–Crippen LogP) is -0.0246. The van der Waals surface area contributed by atoms with E-state index in [9.17, 15) is 4.79 Å². The van der Waals surface area contributed by atoms with Crippen LogP contribution in [0.1, 0.15) is 5.82 Å². The molecule has 5 nitrogen and oxygen atoms in total. The zero-order valence-electron chi connectivity index (χ0n) is 7.77. The van der Waals surface area contributed by atoms with Crippen molar-refractivity contribution in [2.45, 2.75) is 6.92 Å². The summed E-state index contributed by atoms with van der Waals surface area (Å²) in [5, 5.41) is 0.565. The van der Waals surface area contributed by atoms with Gasteiger partial charge >= 0.3 is 0 Å². The molecule has 2 heterocycles. The first-order valence-corrected chi connectivity index (χ1v) is 3.96. The van der Waals surface area contributed by atoms with Crippen molar-refractivity contribution in [3.8, 4) is 0 Å². The minimum Gasteiger partial charge on any atom is -0.268 e. The van der Waals surface area contributed by atoms with E-state index >= 15 is 0 Å². The molecule has 0 unspecified atom stereocenters. The second kappa shape index (κ2) is 2.42. The van der Waals surface area contributed by atoms with Crippen LogP contribution in [0.3, 0.4) is 0 Å². The molecule has 2 rings (SSSR count). The van der Waals surface area contributed by atoms with Crippen LogP contribution in [0.4, 0.5) is 0 Å². The van der Waals surface area contributed by atoms with Gasteiger partial charge in [-0.25, -0.2) is 9.97 Å². The third kappa shape index (κ3) is 0.965. The molecule has 5 heteroatoms. The van der Waals surface area contributed by atoms with Gasteiger partial charge in [-0.15, -0.1) is 0 Å². The summed E-state index contributed by atoms with van der Waals surface area (Å²) in [4.78, 5) is 19.7. The number of rotatable bonds is 0. The lowest BCUT2D eigenvalue weighted by Crippen LogP contribution is -2.16. The summed E-state index contributed by atoms with van der Waals surface area (Å²) in [5.41, 5.74) is 0.623. The smallest absolute Gasteiger partial charge is 0.268 e. The van der Waals surface area contributed by atoms with Crippen molar-refractivity contribution in [1.29, 1.82) is 0 Å². The van der Waals surface area contributed by atoms with Crippen LogP contribution in [0.25, 0.3) is 11.0 Å². The highest BCUT2D eigenvalue weighted by atomic mass is 16.1. The Bertz CT molecular complexity index is 523. The van der Waals surface area contributed by atoms with Gasteiger partial charge in [0.2, 0.25) is 0 Å². The third-order valence-corrected chi connectivity index (χ3v) is 2.17. The first-order valence-electron chi connectivity index (χ1n) is 3.96. The van der Waals surface area contributed by atoms with Gasteiger partial charge in [-0.3, -0.25) is 14.2 Å². The van der Waals surface area contributed by atoms with E-state index in [0.717, 1.165) is 0 Å². The highest BCUT2D eigenvalue weighted by Crippen LogP contribution is 2.04. The minimum atomic E-state index is -0.0579. The monoisotopic (exact) mass is 178 g/mol. The Labute approximate surface area is 74.6 Å². The summed E-state index contributed by atoms with van der Waals surface area (Å²) in [6.07, 6.45) is 1.57. The van der Waals surface area contributed by atoms with E-state index in [2.05, 4.69) is 9.97 Å². The molecule has 13 heavy (non-hydrogen) atoms. The summed E-state index contributed by atoms with van der Waals surface area (Å²) in [7, 11) is 3.51. The van der Waals surface area contributed by atoms with Crippen LogP contribution < -0.4 is 5.56 Å². The topological polar surface area (TPSA) is 52.7 Å². The Balaban J connectivity index is 3.04. The molecular weight excluding hydrogens is 168 g/mol. The summed E-state index contributed by atoms with van der Waals surface area (Å²) in [6.45, 7) is 1.80. The quantitative estimate of drug-likeness (QED) is 0.569. The lowest BCUT2D eigenvalue weighted by atomic mass is 10.4. The third-order valence-electron chi connectivity index (χ3n) is 2.17. The maximum Gasteiger partial charge on any atom is 0.277 e. The van der Waals surface area contributed by atoms with E-state index in [4.69, 9.17) is 0 Å². The van der Waals surface area contributed by atoms with E-state index in [1.54, 1.807) is 31.9 Å². The zero-order valence-corrected chi connectivity index (χ0v) is 7.77. The van der Waals surface area contributed by atoms with Crippen LogP contribution in [-0.4, -0.2) is 19.3 Å². The van der Waals surface area contributed by atoms with E-state index in [1.807, 2.05) is 0 Å². The molecule has 0 fully saturated rings. The molecule has 0 radical (unpaired) electrons. The number of hydrogen-bond donors (Lipinski definition) is 0. The summed E-state index contributed by atoms with van der Waals surface area (Å²) in [6, 6.07) is 0. The molecule has 0 aromatic carbocycles. The summed E-state index contributed by atoms with van der Waals surface area (Å²) >= 11 is 0. The lowest BCUT2D eigenvalue weighted by Gasteiger charge is -1.98. The first-order chi connectivity index (χ1) is 6.11. The second-order valence-corrected chi connectivity index (χ2v) is 3.01. The molecule has 0 N–H and O–H groups in total. The van der Waals surface area contributed by atoms with Crippen molar-refractivity contribution in [3.05, 3.63) is 22.4 Å². The fourth-order valence-electron chi connectivity index (χ4n) is 1.31. The highest BCUT2D eigenvalue weighted by Gasteiger charge is 2.08. The molecule has 68 valence electrons. The van der Waals surface area contributed by atoms with Gasteiger partial charge in [-0.1, -0.05) is 0 Å². The zero-order chi connectivity index (χ0) is 9.59. The molecule has 0 aliphatic heterocycles. The van der Waals surface area contributed by atoms with Gasteiger partial charge in [0.25, 0.3) is 5.56 Å². The Morgan fingerprint density at radius 1 is 1.31 bits per heavy atom. The van der Waals surface area contributed by atoms with Crippen molar-refractivity contribution in [1.82, 2.24) is 19.3 Å². The molecule has 2 aromatic heterocycles. The number of nitrogens with zero attached hydrogens (tertiary/aromatic N) is 4. The van der Waals surface area contributed by atoms with Crippen LogP contribution in [0.5, 0.6) is 0 Å². The molecule has 0 saturated heterocycles. The number of hydrogen-bond acceptors (Lipinski definition) is 3. The van der Waals surface area contributed by atoms with Crippen LogP contribution >= 0.6 is 0 Å². The van der Waals surface area contributed by atoms with Gasteiger partial charge in [0.1, 0.15) is 11.2 Å². The van der Waals surface area contributed by atoms with E-state index < -0.39 is 0 Å². The lowest BCUT2D eigenvalue weighted by molar-refractivity contribution is 0.591. The van der Waals surface area contributed by atoms with Crippen LogP contribution in [-0.2, 0) is 14.1 Å². The SMILES string of the molecule is Cc1ncc2c(=O)n(C)n(C)c2n1. The fraction of sp³-hybridized carbons (Fsp3) is 0.375. The largest absolute Gasteiger partial charge is 0.277 e. The van der Waals surface area contributed by atoms with Crippen molar-refractivity contribution in [3.63, 3.8) is 0 Å². The summed E-state index contributed by atoms with van der Waals surface area (Å²) in [5.74, 6) is 0.675. The van der Waals surface area contributed by atoms with E-state index in [0.29, 0.717) is 16.9 Å². The Hall–Kier alpha value is -1.65. The van der Waals surface area contributed by atoms with Crippen molar-refractivity contribution in [2.24, 2.45) is 14.1 Å². The molecule has 0 atom stereocenters. The van der Waals surface area contributed by atoms with Gasteiger partial charge in [0.15, 0.2) is 5.65 Å². The molecular formula is C8H10N4O. The standard InChI is InChI=1S/C8H10N4O/c1-5-9-4-6-7(10-5)11(2)12(3)8(6)13/h4H,1-3H3. The molecule has 0 spiro atoms. The van der Waals surface area contributed by atoms with Crippen LogP contribution in [0.15, 0.2) is 11.0 Å². The molecule has 0 aliphatic rings. The van der Waals surface area contributed by atoms with Crippen molar-refractivity contribution < 1.29 is 0 Å². The van der Waals surface area contributed by atoms with Crippen LogP contribution in [0, 0.1) is 6.92 Å². The number of aromatic nitrogens is 4. The number of fused-ring (bicyclic) bond motifs is 1. The molecule has 0 aliphatic carbocycles. The van der Waals surface area contributed by atoms with Gasteiger partial charge in [0, 0.05) is 20.3 Å². The minimum absolute atomic E-state index is 0.0579. The van der Waals surface area contributed by atoms with Crippen LogP contribution in [0.2, 0.25) is 0 Å². The molecule has 0 bridgehead atoms. The molecule has 0 saturated carbocycles. The Kier molecular flexibility index (Phi) is 1.48. The summed E-state index contributed by atoms with van der Waals surface area (Å²) < 4.78 is 3.23. The normalized spacial score (nSPS) is 11.0. The second-order valence-electron chi connectivity index (χ2n) is 3.01. The van der Waals surface area contributed by atoms with Gasteiger partial charge < -0.3 is 0 Å². The maximum absolute atomic E-state index is 11.5. The maximum atomic E-state index is 11.5. The molecule has 0 amide bonds. The van der Waals surface area contributed by atoms with E-state index in [-0.39, 0.29) is 5.56 Å². The fourth-order valence-corrected chi connectivity index (χ4v) is 1.31. The Morgan fingerprint density at radius 3 is 2.69 bits per heavy atom.